The highest BCUT2D eigenvalue weighted by molar-refractivity contribution is 6.32. The summed E-state index contributed by atoms with van der Waals surface area (Å²) in [5, 5.41) is 14.3. The minimum Gasteiger partial charge on any atom is -0.381 e. The molecule has 4 heterocycles. The Kier molecular flexibility index (Phi) is 7.10. The number of hydrogen-bond donors (Lipinski definition) is 1. The van der Waals surface area contributed by atoms with Crippen LogP contribution in [0.25, 0.3) is 22.3 Å². The molecule has 2 aromatic heterocycles. The Morgan fingerprint density at radius 1 is 1.23 bits per heavy atom. The van der Waals surface area contributed by atoms with Crippen LogP contribution in [0.4, 0.5) is 0 Å². The van der Waals surface area contributed by atoms with E-state index in [1.165, 1.54) is 12.0 Å². The van der Waals surface area contributed by atoms with Crippen LogP contribution in [0.2, 0.25) is 5.02 Å². The highest BCUT2D eigenvalue weighted by Crippen LogP contribution is 2.34. The zero-order valence-corrected chi connectivity index (χ0v) is 19.2. The predicted octanol–water partition coefficient (Wildman–Crippen LogP) is 5.27. The first-order valence-electron chi connectivity index (χ1n) is 11.3. The number of allylic oxidation sites excluding steroid dienone is 1. The predicted molar refractivity (Wildman–Crippen MR) is 127 cm³/mol. The van der Waals surface area contributed by atoms with Crippen molar-refractivity contribution in [1.29, 1.82) is 0 Å². The summed E-state index contributed by atoms with van der Waals surface area (Å²) in [5.74, 6) is 1.33. The zero-order valence-electron chi connectivity index (χ0n) is 18.5. The third-order valence-corrected chi connectivity index (χ3v) is 6.50. The molecule has 2 aliphatic rings. The molecule has 6 nitrogen and oxygen atoms in total. The summed E-state index contributed by atoms with van der Waals surface area (Å²) >= 11 is 6.57. The molecule has 1 N–H and O–H groups in total. The number of piperidine rings is 1. The number of ether oxygens (including phenoxy) is 1. The molecule has 0 aliphatic carbocycles. The van der Waals surface area contributed by atoms with Crippen LogP contribution >= 0.6 is 11.6 Å². The van der Waals surface area contributed by atoms with Gasteiger partial charge in [0.25, 0.3) is 0 Å². The van der Waals surface area contributed by atoms with Crippen LogP contribution in [0.5, 0.6) is 0 Å². The van der Waals surface area contributed by atoms with Crippen LogP contribution in [0, 0.1) is 5.92 Å². The molecule has 7 heteroatoms. The van der Waals surface area contributed by atoms with Crippen LogP contribution in [-0.4, -0.2) is 45.9 Å². The molecule has 1 aromatic carbocycles. The fourth-order valence-corrected chi connectivity index (χ4v) is 4.45. The molecule has 0 amide bonds. The summed E-state index contributed by atoms with van der Waals surface area (Å²) in [4.78, 5) is 0. The standard InChI is InChI=1S/C19H22ClN5.C5H10O/c1-3-13(2)24-12-16(11-22-24)25-19-9-17(14-4-6-21-7-5-14)18(20)8-15(19)10-23-25;1-5-2-3-6-4-5/h8-12,14,21H,2-7H2,1H3;5H,2-4H2,1H3. The average molecular weight is 442 g/mol. The van der Waals surface area contributed by atoms with E-state index in [1.807, 2.05) is 34.0 Å². The number of nitrogens with one attached hydrogen (secondary N) is 1. The maximum atomic E-state index is 6.57. The molecule has 5 rings (SSSR count). The topological polar surface area (TPSA) is 56.9 Å². The molecule has 2 aliphatic heterocycles. The lowest BCUT2D eigenvalue weighted by Crippen LogP contribution is -2.26. The quantitative estimate of drug-likeness (QED) is 0.599. The number of rotatable bonds is 4. The molecule has 1 unspecified atom stereocenters. The van der Waals surface area contributed by atoms with E-state index in [9.17, 15) is 0 Å². The van der Waals surface area contributed by atoms with Crippen molar-refractivity contribution >= 4 is 28.2 Å². The first-order valence-corrected chi connectivity index (χ1v) is 11.6. The molecule has 2 saturated heterocycles. The SMILES string of the molecule is C=C(CC)n1cc(-n2ncc3cc(Cl)c(C4CCNCC4)cc32)cn1.CC1CCOC1. The van der Waals surface area contributed by atoms with Crippen molar-refractivity contribution in [3.05, 3.63) is 47.9 Å². The van der Waals surface area contributed by atoms with Gasteiger partial charge >= 0.3 is 0 Å². The summed E-state index contributed by atoms with van der Waals surface area (Å²) in [7, 11) is 0. The van der Waals surface area contributed by atoms with Gasteiger partial charge in [-0.25, -0.2) is 9.36 Å². The second-order valence-corrected chi connectivity index (χ2v) is 8.95. The molecule has 3 aromatic rings. The minimum absolute atomic E-state index is 0.504. The van der Waals surface area contributed by atoms with Crippen LogP contribution in [0.15, 0.2) is 37.3 Å². The number of fused-ring (bicyclic) bond motifs is 1. The van der Waals surface area contributed by atoms with Gasteiger partial charge in [0.1, 0.15) is 5.69 Å². The van der Waals surface area contributed by atoms with Crippen molar-refractivity contribution in [3.63, 3.8) is 0 Å². The Bertz CT molecular complexity index is 1030. The molecular formula is C24H32ClN5O. The van der Waals surface area contributed by atoms with Crippen molar-refractivity contribution in [2.45, 2.75) is 45.4 Å². The summed E-state index contributed by atoms with van der Waals surface area (Å²) < 4.78 is 8.80. The van der Waals surface area contributed by atoms with Gasteiger partial charge in [-0.15, -0.1) is 0 Å². The van der Waals surface area contributed by atoms with Gasteiger partial charge in [0.2, 0.25) is 0 Å². The van der Waals surface area contributed by atoms with Crippen molar-refractivity contribution in [2.75, 3.05) is 26.3 Å². The van der Waals surface area contributed by atoms with E-state index in [4.69, 9.17) is 16.3 Å². The lowest BCUT2D eigenvalue weighted by molar-refractivity contribution is 0.188. The van der Waals surface area contributed by atoms with Crippen LogP contribution in [0.1, 0.15) is 51.0 Å². The Balaban J connectivity index is 0.000000334. The van der Waals surface area contributed by atoms with Crippen molar-refractivity contribution in [1.82, 2.24) is 24.9 Å². The van der Waals surface area contributed by atoms with E-state index in [1.54, 1.807) is 0 Å². The molecule has 0 saturated carbocycles. The summed E-state index contributed by atoms with van der Waals surface area (Å²) in [6, 6.07) is 4.24. The van der Waals surface area contributed by atoms with E-state index in [0.717, 1.165) is 78.8 Å². The van der Waals surface area contributed by atoms with Gasteiger partial charge in [0.05, 0.1) is 24.1 Å². The van der Waals surface area contributed by atoms with E-state index in [-0.39, 0.29) is 0 Å². The molecule has 0 radical (unpaired) electrons. The monoisotopic (exact) mass is 441 g/mol. The van der Waals surface area contributed by atoms with E-state index in [2.05, 4.69) is 42.0 Å². The number of halogens is 1. The van der Waals surface area contributed by atoms with Crippen LogP contribution in [0.3, 0.4) is 0 Å². The van der Waals surface area contributed by atoms with Crippen molar-refractivity contribution < 1.29 is 4.74 Å². The zero-order chi connectivity index (χ0) is 21.8. The molecule has 0 spiro atoms. The maximum Gasteiger partial charge on any atom is 0.104 e. The molecule has 2 fully saturated rings. The molecular weight excluding hydrogens is 410 g/mol. The summed E-state index contributed by atoms with van der Waals surface area (Å²) in [6.07, 6.45) is 10.0. The third-order valence-electron chi connectivity index (χ3n) is 6.17. The molecule has 1 atom stereocenters. The Morgan fingerprint density at radius 3 is 2.68 bits per heavy atom. The number of benzene rings is 1. The van der Waals surface area contributed by atoms with Crippen LogP contribution < -0.4 is 5.32 Å². The third kappa shape index (κ3) is 5.03. The van der Waals surface area contributed by atoms with Gasteiger partial charge in [0, 0.05) is 29.3 Å². The number of hydrogen-bond acceptors (Lipinski definition) is 4. The lowest BCUT2D eigenvalue weighted by Gasteiger charge is -2.24. The maximum absolute atomic E-state index is 6.57. The summed E-state index contributed by atoms with van der Waals surface area (Å²) in [6.45, 7) is 12.4. The number of nitrogens with zero attached hydrogens (tertiary/aromatic N) is 4. The van der Waals surface area contributed by atoms with E-state index < -0.39 is 0 Å². The van der Waals surface area contributed by atoms with E-state index in [0.29, 0.717) is 5.92 Å². The highest BCUT2D eigenvalue weighted by Gasteiger charge is 2.20. The van der Waals surface area contributed by atoms with Crippen LogP contribution in [-0.2, 0) is 4.74 Å². The minimum atomic E-state index is 0.504. The Morgan fingerprint density at radius 2 is 2.03 bits per heavy atom. The van der Waals surface area contributed by atoms with Gasteiger partial charge < -0.3 is 10.1 Å². The van der Waals surface area contributed by atoms with Crippen molar-refractivity contribution in [3.8, 4) is 5.69 Å². The Hall–Kier alpha value is -2.15. The molecule has 166 valence electrons. The van der Waals surface area contributed by atoms with Crippen molar-refractivity contribution in [2.24, 2.45) is 5.92 Å². The first kappa shape index (κ1) is 22.1. The first-order chi connectivity index (χ1) is 15.1. The second-order valence-electron chi connectivity index (χ2n) is 8.54. The normalized spacial score (nSPS) is 19.4. The Labute approximate surface area is 189 Å². The van der Waals surface area contributed by atoms with Gasteiger partial charge in [0.15, 0.2) is 0 Å². The van der Waals surface area contributed by atoms with Gasteiger partial charge in [-0.3, -0.25) is 0 Å². The highest BCUT2D eigenvalue weighted by atomic mass is 35.5. The lowest BCUT2D eigenvalue weighted by atomic mass is 9.90. The molecule has 0 bridgehead atoms. The van der Waals surface area contributed by atoms with Gasteiger partial charge in [-0.1, -0.05) is 32.0 Å². The molecule has 31 heavy (non-hydrogen) atoms. The smallest absolute Gasteiger partial charge is 0.104 e. The largest absolute Gasteiger partial charge is 0.381 e. The average Bonchev–Trinajstić information content (AvgIpc) is 3.54. The van der Waals surface area contributed by atoms with E-state index >= 15 is 0 Å². The van der Waals surface area contributed by atoms with Gasteiger partial charge in [-0.05, 0) is 68.3 Å². The summed E-state index contributed by atoms with van der Waals surface area (Å²) in [5.41, 5.74) is 4.19. The van der Waals surface area contributed by atoms with Gasteiger partial charge in [-0.2, -0.15) is 10.2 Å². The number of aromatic nitrogens is 4. The second kappa shape index (κ2) is 9.98. The fraction of sp³-hybridized carbons (Fsp3) is 0.500. The fourth-order valence-electron chi connectivity index (χ4n) is 4.12.